The highest BCUT2D eigenvalue weighted by Gasteiger charge is 2.21. The molecule has 1 aromatic heterocycles. The molecule has 0 spiro atoms. The van der Waals surface area contributed by atoms with Crippen LogP contribution in [0.1, 0.15) is 21.6 Å². The van der Waals surface area contributed by atoms with Crippen LogP contribution in [0.15, 0.2) is 34.9 Å². The Hall–Kier alpha value is -1.39. The van der Waals surface area contributed by atoms with E-state index in [0.29, 0.717) is 21.8 Å². The second-order valence-corrected chi connectivity index (χ2v) is 5.88. The van der Waals surface area contributed by atoms with Crippen LogP contribution < -0.4 is 4.74 Å². The van der Waals surface area contributed by atoms with Gasteiger partial charge in [-0.1, -0.05) is 11.6 Å². The molecule has 20 heavy (non-hydrogen) atoms. The number of ketones is 1. The number of pyridine rings is 1. The summed E-state index contributed by atoms with van der Waals surface area (Å²) in [7, 11) is 0. The molecule has 102 valence electrons. The van der Waals surface area contributed by atoms with E-state index < -0.39 is 0 Å². The molecule has 2 aromatic rings. The maximum Gasteiger partial charge on any atom is 0.186 e. The Morgan fingerprint density at radius 2 is 2.30 bits per heavy atom. The molecule has 3 nitrogen and oxygen atoms in total. The number of hydrogen-bond acceptors (Lipinski definition) is 3. The predicted molar refractivity (Wildman–Crippen MR) is 80.6 cm³/mol. The molecular formula is C15H11BrClNO2. The van der Waals surface area contributed by atoms with Gasteiger partial charge in [-0.15, -0.1) is 0 Å². The maximum absolute atomic E-state index is 12.4. The van der Waals surface area contributed by atoms with Gasteiger partial charge < -0.3 is 4.74 Å². The van der Waals surface area contributed by atoms with E-state index in [0.717, 1.165) is 23.3 Å². The van der Waals surface area contributed by atoms with Crippen LogP contribution in [0.5, 0.6) is 5.75 Å². The molecule has 0 unspecified atom stereocenters. The minimum absolute atomic E-state index is 0.0579. The van der Waals surface area contributed by atoms with Crippen LogP contribution in [0.3, 0.4) is 0 Å². The van der Waals surface area contributed by atoms with Crippen LogP contribution in [-0.2, 0) is 12.8 Å². The fraction of sp³-hybridized carbons (Fsp3) is 0.200. The summed E-state index contributed by atoms with van der Waals surface area (Å²) in [5.41, 5.74) is 2.33. The van der Waals surface area contributed by atoms with E-state index in [9.17, 15) is 4.79 Å². The minimum atomic E-state index is -0.0579. The first-order valence-corrected chi connectivity index (χ1v) is 7.40. The van der Waals surface area contributed by atoms with E-state index >= 15 is 0 Å². The van der Waals surface area contributed by atoms with E-state index in [1.807, 2.05) is 6.07 Å². The average Bonchev–Trinajstić information content (AvgIpc) is 2.87. The lowest BCUT2D eigenvalue weighted by molar-refractivity contribution is 0.0986. The Labute approximate surface area is 130 Å². The highest BCUT2D eigenvalue weighted by molar-refractivity contribution is 9.10. The third-order valence-corrected chi connectivity index (χ3v) is 4.06. The van der Waals surface area contributed by atoms with Gasteiger partial charge in [0, 0.05) is 34.1 Å². The van der Waals surface area contributed by atoms with Crippen LogP contribution in [0, 0.1) is 0 Å². The number of Topliss-reactive ketones (excluding diaryl/α,β-unsaturated/α-hetero) is 1. The summed E-state index contributed by atoms with van der Waals surface area (Å²) < 4.78 is 6.31. The van der Waals surface area contributed by atoms with Gasteiger partial charge >= 0.3 is 0 Å². The number of carbonyl (C=O) groups is 1. The molecule has 0 aliphatic carbocycles. The lowest BCUT2D eigenvalue weighted by Gasteiger charge is -2.08. The summed E-state index contributed by atoms with van der Waals surface area (Å²) in [6.07, 6.45) is 2.68. The highest BCUT2D eigenvalue weighted by Crippen LogP contribution is 2.33. The zero-order valence-corrected chi connectivity index (χ0v) is 12.9. The monoisotopic (exact) mass is 351 g/mol. The van der Waals surface area contributed by atoms with Crippen LogP contribution in [0.25, 0.3) is 0 Å². The zero-order valence-electron chi connectivity index (χ0n) is 10.5. The summed E-state index contributed by atoms with van der Waals surface area (Å²) in [5, 5.41) is 0.636. The Balaban J connectivity index is 1.93. The number of fused-ring (bicyclic) bond motifs is 1. The van der Waals surface area contributed by atoms with Crippen molar-refractivity contribution in [2.45, 2.75) is 12.8 Å². The van der Waals surface area contributed by atoms with E-state index in [1.54, 1.807) is 24.4 Å². The molecule has 0 saturated heterocycles. The first-order valence-electron chi connectivity index (χ1n) is 6.23. The van der Waals surface area contributed by atoms with Crippen molar-refractivity contribution in [1.29, 1.82) is 0 Å². The lowest BCUT2D eigenvalue weighted by atomic mass is 10.0. The average molecular weight is 353 g/mol. The minimum Gasteiger partial charge on any atom is -0.493 e. The fourth-order valence-corrected chi connectivity index (χ4v) is 3.06. The summed E-state index contributed by atoms with van der Waals surface area (Å²) >= 11 is 9.44. The molecule has 2 heterocycles. The predicted octanol–water partition coefficient (Wildman–Crippen LogP) is 3.86. The molecule has 0 atom stereocenters. The van der Waals surface area contributed by atoms with Gasteiger partial charge in [-0.3, -0.25) is 9.78 Å². The number of ether oxygens (including phenoxy) is 1. The first-order chi connectivity index (χ1) is 9.65. The SMILES string of the molecule is O=C(Cc1cc(Cl)cc2c1OCC2)c1ncccc1Br. The molecule has 0 N–H and O–H groups in total. The second-order valence-electron chi connectivity index (χ2n) is 4.59. The lowest BCUT2D eigenvalue weighted by Crippen LogP contribution is -2.07. The molecule has 0 saturated carbocycles. The van der Waals surface area contributed by atoms with Gasteiger partial charge in [-0.2, -0.15) is 0 Å². The van der Waals surface area contributed by atoms with E-state index in [-0.39, 0.29) is 12.2 Å². The Morgan fingerprint density at radius 1 is 1.45 bits per heavy atom. The second kappa shape index (κ2) is 5.54. The van der Waals surface area contributed by atoms with Gasteiger partial charge in [0.05, 0.1) is 6.61 Å². The number of benzene rings is 1. The summed E-state index contributed by atoms with van der Waals surface area (Å²) in [4.78, 5) is 16.5. The van der Waals surface area contributed by atoms with E-state index in [4.69, 9.17) is 16.3 Å². The van der Waals surface area contributed by atoms with Crippen molar-refractivity contribution in [2.75, 3.05) is 6.61 Å². The molecule has 5 heteroatoms. The van der Waals surface area contributed by atoms with Crippen molar-refractivity contribution < 1.29 is 9.53 Å². The third kappa shape index (κ3) is 2.58. The van der Waals surface area contributed by atoms with Crippen molar-refractivity contribution in [3.05, 3.63) is 56.8 Å². The number of aromatic nitrogens is 1. The number of nitrogens with zero attached hydrogens (tertiary/aromatic N) is 1. The summed E-state index contributed by atoms with van der Waals surface area (Å²) in [5.74, 6) is 0.743. The molecule has 1 aliphatic heterocycles. The quantitative estimate of drug-likeness (QED) is 0.788. The molecule has 0 fully saturated rings. The largest absolute Gasteiger partial charge is 0.493 e. The maximum atomic E-state index is 12.4. The van der Waals surface area contributed by atoms with Crippen LogP contribution in [0.4, 0.5) is 0 Å². The summed E-state index contributed by atoms with van der Waals surface area (Å²) in [6.45, 7) is 0.643. The fourth-order valence-electron chi connectivity index (χ4n) is 2.32. The molecule has 0 bridgehead atoms. The third-order valence-electron chi connectivity index (χ3n) is 3.20. The van der Waals surface area contributed by atoms with E-state index in [2.05, 4.69) is 20.9 Å². The first kappa shape index (κ1) is 13.6. The van der Waals surface area contributed by atoms with Crippen molar-refractivity contribution in [2.24, 2.45) is 0 Å². The normalized spacial score (nSPS) is 12.9. The smallest absolute Gasteiger partial charge is 0.186 e. The van der Waals surface area contributed by atoms with Crippen molar-refractivity contribution in [1.82, 2.24) is 4.98 Å². The van der Waals surface area contributed by atoms with Gasteiger partial charge in [0.2, 0.25) is 0 Å². The molecular weight excluding hydrogens is 342 g/mol. The Kier molecular flexibility index (Phi) is 3.76. The van der Waals surface area contributed by atoms with Gasteiger partial charge in [-0.05, 0) is 45.8 Å². The van der Waals surface area contributed by atoms with Gasteiger partial charge in [0.15, 0.2) is 5.78 Å². The molecule has 3 rings (SSSR count). The standard InChI is InChI=1S/C15H11BrClNO2/c16-12-2-1-4-18-14(12)13(19)8-10-7-11(17)6-9-3-5-20-15(9)10/h1-2,4,6-7H,3,5,8H2. The summed E-state index contributed by atoms with van der Waals surface area (Å²) in [6, 6.07) is 7.27. The molecule has 1 aromatic carbocycles. The topological polar surface area (TPSA) is 39.2 Å². The number of carbonyl (C=O) groups excluding carboxylic acids is 1. The Bertz CT molecular complexity index is 688. The highest BCUT2D eigenvalue weighted by atomic mass is 79.9. The van der Waals surface area contributed by atoms with Gasteiger partial charge in [-0.25, -0.2) is 0 Å². The van der Waals surface area contributed by atoms with Crippen molar-refractivity contribution in [3.8, 4) is 5.75 Å². The molecule has 1 aliphatic rings. The Morgan fingerprint density at radius 3 is 3.10 bits per heavy atom. The van der Waals surface area contributed by atoms with Crippen LogP contribution >= 0.6 is 27.5 Å². The van der Waals surface area contributed by atoms with Crippen LogP contribution in [-0.4, -0.2) is 17.4 Å². The number of hydrogen-bond donors (Lipinski definition) is 0. The van der Waals surface area contributed by atoms with Crippen molar-refractivity contribution >= 4 is 33.3 Å². The zero-order chi connectivity index (χ0) is 14.1. The number of halogens is 2. The van der Waals surface area contributed by atoms with Gasteiger partial charge in [0.1, 0.15) is 11.4 Å². The molecule has 0 amide bonds. The van der Waals surface area contributed by atoms with Crippen LogP contribution in [0.2, 0.25) is 5.02 Å². The number of rotatable bonds is 3. The van der Waals surface area contributed by atoms with Crippen molar-refractivity contribution in [3.63, 3.8) is 0 Å². The van der Waals surface area contributed by atoms with E-state index in [1.165, 1.54) is 0 Å². The van der Waals surface area contributed by atoms with Gasteiger partial charge in [0.25, 0.3) is 0 Å². The molecule has 0 radical (unpaired) electrons.